The van der Waals surface area contributed by atoms with E-state index in [1.165, 1.54) is 6.26 Å². The second kappa shape index (κ2) is 10.3. The maximum absolute atomic E-state index is 12.4. The lowest BCUT2D eigenvalue weighted by atomic mass is 10.0. The van der Waals surface area contributed by atoms with Crippen molar-refractivity contribution in [1.82, 2.24) is 15.5 Å². The van der Waals surface area contributed by atoms with E-state index in [0.717, 1.165) is 38.9 Å². The number of nitrogens with zero attached hydrogens (tertiary/aromatic N) is 1. The average molecular weight is 344 g/mol. The van der Waals surface area contributed by atoms with Crippen molar-refractivity contribution < 1.29 is 14.0 Å². The molecule has 130 valence electrons. The standard InChI is InChI=1S/C16H25N3O3.ClH/c1-2-11-19(13-5-8-17-9-6-13)15(20)7-10-18-16(21)14-4-3-12-22-14;/h3-4,12-13,17H,2,5-11H2,1H3,(H,18,21);1H. The van der Waals surface area contributed by atoms with Crippen molar-refractivity contribution in [3.8, 4) is 0 Å². The monoisotopic (exact) mass is 343 g/mol. The molecule has 0 radical (unpaired) electrons. The van der Waals surface area contributed by atoms with E-state index in [2.05, 4.69) is 17.6 Å². The van der Waals surface area contributed by atoms with Crippen molar-refractivity contribution in [2.75, 3.05) is 26.2 Å². The molecule has 0 spiro atoms. The van der Waals surface area contributed by atoms with Crippen molar-refractivity contribution in [3.63, 3.8) is 0 Å². The van der Waals surface area contributed by atoms with Gasteiger partial charge in [-0.2, -0.15) is 0 Å². The first-order chi connectivity index (χ1) is 10.7. The van der Waals surface area contributed by atoms with Crippen LogP contribution in [0.25, 0.3) is 0 Å². The topological polar surface area (TPSA) is 74.6 Å². The number of carbonyl (C=O) groups is 2. The van der Waals surface area contributed by atoms with Crippen molar-refractivity contribution >= 4 is 24.2 Å². The molecule has 1 aromatic rings. The highest BCUT2D eigenvalue weighted by Gasteiger charge is 2.24. The molecule has 1 aliphatic heterocycles. The molecule has 23 heavy (non-hydrogen) atoms. The number of rotatable bonds is 7. The maximum Gasteiger partial charge on any atom is 0.286 e. The highest BCUT2D eigenvalue weighted by atomic mass is 35.5. The molecule has 1 aliphatic rings. The molecule has 2 amide bonds. The van der Waals surface area contributed by atoms with Crippen molar-refractivity contribution in [2.45, 2.75) is 38.6 Å². The quantitative estimate of drug-likeness (QED) is 0.791. The maximum atomic E-state index is 12.4. The molecule has 0 bridgehead atoms. The van der Waals surface area contributed by atoms with Crippen LogP contribution in [0, 0.1) is 0 Å². The van der Waals surface area contributed by atoms with Gasteiger partial charge in [0.2, 0.25) is 5.91 Å². The molecule has 2 N–H and O–H groups in total. The zero-order valence-corrected chi connectivity index (χ0v) is 14.4. The van der Waals surface area contributed by atoms with Gasteiger partial charge in [-0.3, -0.25) is 9.59 Å². The van der Waals surface area contributed by atoms with E-state index in [4.69, 9.17) is 4.42 Å². The number of hydrogen-bond donors (Lipinski definition) is 2. The lowest BCUT2D eigenvalue weighted by Gasteiger charge is -2.34. The molecule has 0 saturated carbocycles. The first kappa shape index (κ1) is 19.5. The van der Waals surface area contributed by atoms with Gasteiger partial charge in [0, 0.05) is 25.6 Å². The van der Waals surface area contributed by atoms with Crippen LogP contribution in [-0.4, -0.2) is 48.9 Å². The SMILES string of the molecule is CCCN(C(=O)CCNC(=O)c1ccco1)C1CCNCC1.Cl. The van der Waals surface area contributed by atoms with Crippen molar-refractivity contribution in [2.24, 2.45) is 0 Å². The van der Waals surface area contributed by atoms with Gasteiger partial charge in [-0.15, -0.1) is 12.4 Å². The second-order valence-corrected chi connectivity index (χ2v) is 5.55. The van der Waals surface area contributed by atoms with Crippen molar-refractivity contribution in [3.05, 3.63) is 24.2 Å². The summed E-state index contributed by atoms with van der Waals surface area (Å²) in [6.45, 7) is 5.14. The average Bonchev–Trinajstić information content (AvgIpc) is 3.07. The first-order valence-electron chi connectivity index (χ1n) is 8.04. The summed E-state index contributed by atoms with van der Waals surface area (Å²) in [5.74, 6) is 0.117. The number of piperidine rings is 1. The molecule has 1 saturated heterocycles. The molecule has 0 atom stereocenters. The molecule has 1 aromatic heterocycles. The van der Waals surface area contributed by atoms with Crippen LogP contribution in [0.15, 0.2) is 22.8 Å². The second-order valence-electron chi connectivity index (χ2n) is 5.55. The minimum Gasteiger partial charge on any atom is -0.459 e. The van der Waals surface area contributed by atoms with E-state index < -0.39 is 0 Å². The fourth-order valence-corrected chi connectivity index (χ4v) is 2.79. The van der Waals surface area contributed by atoms with E-state index in [9.17, 15) is 9.59 Å². The van der Waals surface area contributed by atoms with Crippen LogP contribution in [0.1, 0.15) is 43.2 Å². The van der Waals surface area contributed by atoms with E-state index in [1.807, 2.05) is 4.90 Å². The van der Waals surface area contributed by atoms with Crippen LogP contribution in [-0.2, 0) is 4.79 Å². The summed E-state index contributed by atoms with van der Waals surface area (Å²) in [4.78, 5) is 26.2. The number of hydrogen-bond acceptors (Lipinski definition) is 4. The summed E-state index contributed by atoms with van der Waals surface area (Å²) in [6.07, 6.45) is 4.75. The summed E-state index contributed by atoms with van der Waals surface area (Å²) in [7, 11) is 0. The molecule has 1 fully saturated rings. The predicted octanol–water partition coefficient (Wildman–Crippen LogP) is 1.81. The van der Waals surface area contributed by atoms with Crippen LogP contribution in [0.4, 0.5) is 0 Å². The number of halogens is 1. The largest absolute Gasteiger partial charge is 0.459 e. The molecule has 0 aliphatic carbocycles. The molecule has 7 heteroatoms. The Morgan fingerprint density at radius 2 is 2.13 bits per heavy atom. The molecule has 0 aromatic carbocycles. The third-order valence-corrected chi connectivity index (χ3v) is 3.90. The van der Waals surface area contributed by atoms with Crippen LogP contribution in [0.2, 0.25) is 0 Å². The molecular weight excluding hydrogens is 318 g/mol. The fraction of sp³-hybridized carbons (Fsp3) is 0.625. The van der Waals surface area contributed by atoms with E-state index in [0.29, 0.717) is 19.0 Å². The Morgan fingerprint density at radius 3 is 2.74 bits per heavy atom. The number of nitrogens with one attached hydrogen (secondary N) is 2. The zero-order chi connectivity index (χ0) is 15.8. The Kier molecular flexibility index (Phi) is 8.73. The Hall–Kier alpha value is -1.53. The summed E-state index contributed by atoms with van der Waals surface area (Å²) >= 11 is 0. The van der Waals surface area contributed by atoms with Gasteiger partial charge in [0.05, 0.1) is 6.26 Å². The summed E-state index contributed by atoms with van der Waals surface area (Å²) < 4.78 is 5.02. The van der Waals surface area contributed by atoms with Crippen LogP contribution in [0.3, 0.4) is 0 Å². The lowest BCUT2D eigenvalue weighted by Crippen LogP contribution is -2.47. The lowest BCUT2D eigenvalue weighted by molar-refractivity contribution is -0.134. The third kappa shape index (κ3) is 5.88. The molecule has 0 unspecified atom stereocenters. The number of amides is 2. The molecule has 2 rings (SSSR count). The van der Waals surface area contributed by atoms with E-state index in [1.54, 1.807) is 12.1 Å². The minimum atomic E-state index is -0.276. The van der Waals surface area contributed by atoms with Gasteiger partial charge in [0.15, 0.2) is 5.76 Å². The van der Waals surface area contributed by atoms with E-state index in [-0.39, 0.29) is 30.0 Å². The highest BCUT2D eigenvalue weighted by molar-refractivity contribution is 5.91. The van der Waals surface area contributed by atoms with Gasteiger partial charge in [-0.25, -0.2) is 0 Å². The first-order valence-corrected chi connectivity index (χ1v) is 8.04. The van der Waals surface area contributed by atoms with Gasteiger partial charge >= 0.3 is 0 Å². The zero-order valence-electron chi connectivity index (χ0n) is 13.5. The molecule has 6 nitrogen and oxygen atoms in total. The van der Waals surface area contributed by atoms with Gasteiger partial charge < -0.3 is 20.0 Å². The third-order valence-electron chi connectivity index (χ3n) is 3.90. The van der Waals surface area contributed by atoms with Gasteiger partial charge in [-0.1, -0.05) is 6.92 Å². The molecule has 2 heterocycles. The highest BCUT2D eigenvalue weighted by Crippen LogP contribution is 2.13. The minimum absolute atomic E-state index is 0. The number of carbonyl (C=O) groups excluding carboxylic acids is 2. The summed E-state index contributed by atoms with van der Waals surface area (Å²) in [6, 6.07) is 3.60. The Bertz CT molecular complexity index is 473. The van der Waals surface area contributed by atoms with Gasteiger partial charge in [0.1, 0.15) is 0 Å². The van der Waals surface area contributed by atoms with Crippen LogP contribution >= 0.6 is 12.4 Å². The number of furan rings is 1. The Morgan fingerprint density at radius 1 is 1.39 bits per heavy atom. The van der Waals surface area contributed by atoms with Crippen molar-refractivity contribution in [1.29, 1.82) is 0 Å². The van der Waals surface area contributed by atoms with Crippen LogP contribution in [0.5, 0.6) is 0 Å². The van der Waals surface area contributed by atoms with Gasteiger partial charge in [-0.05, 0) is 44.5 Å². The van der Waals surface area contributed by atoms with Gasteiger partial charge in [0.25, 0.3) is 5.91 Å². The Labute approximate surface area is 143 Å². The summed E-state index contributed by atoms with van der Waals surface area (Å²) in [5.41, 5.74) is 0. The summed E-state index contributed by atoms with van der Waals surface area (Å²) in [5, 5.41) is 6.04. The van der Waals surface area contributed by atoms with Crippen LogP contribution < -0.4 is 10.6 Å². The fourth-order valence-electron chi connectivity index (χ4n) is 2.79. The predicted molar refractivity (Wildman–Crippen MR) is 90.8 cm³/mol. The smallest absolute Gasteiger partial charge is 0.286 e. The van der Waals surface area contributed by atoms with E-state index >= 15 is 0 Å². The molecular formula is C16H26ClN3O3. The normalized spacial score (nSPS) is 14.8. The Balaban J connectivity index is 0.00000264.